The number of nitrogens with one attached hydrogen (secondary N) is 2. The predicted octanol–water partition coefficient (Wildman–Crippen LogP) is 3.86. The van der Waals surface area contributed by atoms with Crippen LogP contribution in [0.25, 0.3) is 0 Å². The van der Waals surface area contributed by atoms with Gasteiger partial charge < -0.3 is 5.32 Å². The highest BCUT2D eigenvalue weighted by molar-refractivity contribution is 5.98. The molecule has 0 unspecified atom stereocenters. The summed E-state index contributed by atoms with van der Waals surface area (Å²) in [5.41, 5.74) is 3.57. The standard InChI is InChI=1S/C16H20N4O/c1-10(2)13-6-5-7-14(9-13)19-16(21)20-15-17-11(3)8-12(4)18-15/h5-10H,1-4H3,(H2,17,18,19,20,21). The number of aryl methyl sites for hydroxylation is 2. The van der Waals surface area contributed by atoms with Gasteiger partial charge in [-0.1, -0.05) is 26.0 Å². The van der Waals surface area contributed by atoms with Crippen LogP contribution in [0.1, 0.15) is 36.7 Å². The number of carbonyl (C=O) groups is 1. The molecule has 1 heterocycles. The second-order valence-corrected chi connectivity index (χ2v) is 5.33. The Hall–Kier alpha value is -2.43. The minimum atomic E-state index is -0.346. The van der Waals surface area contributed by atoms with Gasteiger partial charge in [-0.25, -0.2) is 14.8 Å². The van der Waals surface area contributed by atoms with Crippen molar-refractivity contribution in [3.8, 4) is 0 Å². The minimum absolute atomic E-state index is 0.310. The van der Waals surface area contributed by atoms with Gasteiger partial charge in [0.05, 0.1) is 0 Å². The summed E-state index contributed by atoms with van der Waals surface area (Å²) < 4.78 is 0. The molecule has 0 aliphatic carbocycles. The second kappa shape index (κ2) is 6.35. The molecule has 0 bridgehead atoms. The summed E-state index contributed by atoms with van der Waals surface area (Å²) in [5.74, 6) is 0.725. The first-order valence-electron chi connectivity index (χ1n) is 6.94. The Morgan fingerprint density at radius 1 is 1.05 bits per heavy atom. The van der Waals surface area contributed by atoms with Gasteiger partial charge in [0, 0.05) is 17.1 Å². The molecule has 21 heavy (non-hydrogen) atoms. The Bertz CT molecular complexity index is 632. The first-order chi connectivity index (χ1) is 9.94. The van der Waals surface area contributed by atoms with E-state index in [9.17, 15) is 4.79 Å². The number of anilines is 2. The molecule has 2 N–H and O–H groups in total. The van der Waals surface area contributed by atoms with Crippen molar-refractivity contribution in [3.05, 3.63) is 47.3 Å². The topological polar surface area (TPSA) is 66.9 Å². The Morgan fingerprint density at radius 2 is 1.71 bits per heavy atom. The molecule has 5 nitrogen and oxygen atoms in total. The zero-order valence-electron chi connectivity index (χ0n) is 12.8. The highest BCUT2D eigenvalue weighted by atomic mass is 16.2. The largest absolute Gasteiger partial charge is 0.326 e. The Kier molecular flexibility index (Phi) is 4.52. The summed E-state index contributed by atoms with van der Waals surface area (Å²) in [6.45, 7) is 7.96. The normalized spacial score (nSPS) is 10.5. The molecular weight excluding hydrogens is 264 g/mol. The molecule has 2 aromatic rings. The van der Waals surface area contributed by atoms with Gasteiger partial charge in [-0.3, -0.25) is 5.32 Å². The van der Waals surface area contributed by atoms with Crippen molar-refractivity contribution in [2.45, 2.75) is 33.6 Å². The van der Waals surface area contributed by atoms with Crippen molar-refractivity contribution in [1.29, 1.82) is 0 Å². The minimum Gasteiger partial charge on any atom is -0.308 e. The molecule has 0 fully saturated rings. The fraction of sp³-hybridized carbons (Fsp3) is 0.312. The summed E-state index contributed by atoms with van der Waals surface area (Å²) in [7, 11) is 0. The van der Waals surface area contributed by atoms with E-state index in [0.29, 0.717) is 11.9 Å². The third kappa shape index (κ3) is 4.27. The first-order valence-corrected chi connectivity index (χ1v) is 6.94. The third-order valence-electron chi connectivity index (χ3n) is 3.02. The lowest BCUT2D eigenvalue weighted by Gasteiger charge is -2.10. The number of nitrogens with zero attached hydrogens (tertiary/aromatic N) is 2. The fourth-order valence-corrected chi connectivity index (χ4v) is 2.02. The predicted molar refractivity (Wildman–Crippen MR) is 84.7 cm³/mol. The summed E-state index contributed by atoms with van der Waals surface area (Å²) in [5, 5.41) is 5.44. The number of urea groups is 1. The summed E-state index contributed by atoms with van der Waals surface area (Å²) >= 11 is 0. The molecule has 5 heteroatoms. The van der Waals surface area contributed by atoms with Crippen LogP contribution in [0.15, 0.2) is 30.3 Å². The van der Waals surface area contributed by atoms with Gasteiger partial charge in [0.2, 0.25) is 5.95 Å². The van der Waals surface area contributed by atoms with E-state index in [4.69, 9.17) is 0 Å². The molecule has 0 atom stereocenters. The second-order valence-electron chi connectivity index (χ2n) is 5.33. The van der Waals surface area contributed by atoms with Crippen LogP contribution in [0.5, 0.6) is 0 Å². The molecule has 0 aliphatic rings. The molecule has 1 aromatic heterocycles. The number of rotatable bonds is 3. The third-order valence-corrected chi connectivity index (χ3v) is 3.02. The van der Waals surface area contributed by atoms with Crippen LogP contribution in [-0.4, -0.2) is 16.0 Å². The van der Waals surface area contributed by atoms with Gasteiger partial charge in [0.15, 0.2) is 0 Å². The van der Waals surface area contributed by atoms with E-state index in [0.717, 1.165) is 17.1 Å². The van der Waals surface area contributed by atoms with Crippen LogP contribution < -0.4 is 10.6 Å². The molecule has 0 spiro atoms. The summed E-state index contributed by atoms with van der Waals surface area (Å²) in [6.07, 6.45) is 0. The van der Waals surface area contributed by atoms with Gasteiger partial charge in [0.25, 0.3) is 0 Å². The fourth-order valence-electron chi connectivity index (χ4n) is 2.02. The van der Waals surface area contributed by atoms with E-state index in [1.54, 1.807) is 0 Å². The van der Waals surface area contributed by atoms with Crippen LogP contribution in [0.4, 0.5) is 16.4 Å². The van der Waals surface area contributed by atoms with Crippen molar-refractivity contribution < 1.29 is 4.79 Å². The number of hydrogen-bond acceptors (Lipinski definition) is 3. The van der Waals surface area contributed by atoms with Crippen molar-refractivity contribution in [2.24, 2.45) is 0 Å². The molecule has 0 radical (unpaired) electrons. The molecular formula is C16H20N4O. The zero-order chi connectivity index (χ0) is 15.4. The van der Waals surface area contributed by atoms with Gasteiger partial charge >= 0.3 is 6.03 Å². The van der Waals surface area contributed by atoms with Crippen molar-refractivity contribution in [1.82, 2.24) is 9.97 Å². The maximum absolute atomic E-state index is 12.0. The molecule has 1 aromatic carbocycles. The lowest BCUT2D eigenvalue weighted by atomic mass is 10.0. The Balaban J connectivity index is 2.06. The van der Waals surface area contributed by atoms with E-state index >= 15 is 0 Å². The average Bonchev–Trinajstić information content (AvgIpc) is 2.37. The van der Waals surface area contributed by atoms with E-state index in [2.05, 4.69) is 34.4 Å². The summed E-state index contributed by atoms with van der Waals surface area (Å²) in [4.78, 5) is 20.3. The first kappa shape index (κ1) is 15.0. The van der Waals surface area contributed by atoms with E-state index < -0.39 is 0 Å². The monoisotopic (exact) mass is 284 g/mol. The highest BCUT2D eigenvalue weighted by Gasteiger charge is 2.07. The maximum atomic E-state index is 12.0. The van der Waals surface area contributed by atoms with E-state index in [1.165, 1.54) is 5.56 Å². The van der Waals surface area contributed by atoms with Crippen LogP contribution in [0, 0.1) is 13.8 Å². The molecule has 110 valence electrons. The quantitative estimate of drug-likeness (QED) is 0.899. The van der Waals surface area contributed by atoms with Crippen LogP contribution in [0.3, 0.4) is 0 Å². The zero-order valence-corrected chi connectivity index (χ0v) is 12.8. The van der Waals surface area contributed by atoms with Gasteiger partial charge in [-0.05, 0) is 43.5 Å². The maximum Gasteiger partial charge on any atom is 0.326 e. The highest BCUT2D eigenvalue weighted by Crippen LogP contribution is 2.18. The number of benzene rings is 1. The van der Waals surface area contributed by atoms with Crippen molar-refractivity contribution in [3.63, 3.8) is 0 Å². The smallest absolute Gasteiger partial charge is 0.308 e. The Morgan fingerprint density at radius 3 is 2.33 bits per heavy atom. The van der Waals surface area contributed by atoms with Gasteiger partial charge in [-0.2, -0.15) is 0 Å². The molecule has 2 rings (SSSR count). The SMILES string of the molecule is Cc1cc(C)nc(NC(=O)Nc2cccc(C(C)C)c2)n1. The lowest BCUT2D eigenvalue weighted by molar-refractivity contribution is 0.262. The molecule has 0 saturated carbocycles. The van der Waals surface area contributed by atoms with Gasteiger partial charge in [0.1, 0.15) is 0 Å². The van der Waals surface area contributed by atoms with Gasteiger partial charge in [-0.15, -0.1) is 0 Å². The Labute approximate surface area is 124 Å². The van der Waals surface area contributed by atoms with E-state index in [1.807, 2.05) is 44.2 Å². The molecule has 0 aliphatic heterocycles. The number of amides is 2. The number of aromatic nitrogens is 2. The summed E-state index contributed by atoms with van der Waals surface area (Å²) in [6, 6.07) is 9.30. The lowest BCUT2D eigenvalue weighted by Crippen LogP contribution is -2.21. The van der Waals surface area contributed by atoms with Crippen molar-refractivity contribution in [2.75, 3.05) is 10.6 Å². The number of carbonyl (C=O) groups excluding carboxylic acids is 1. The van der Waals surface area contributed by atoms with Crippen LogP contribution >= 0.6 is 0 Å². The molecule has 2 amide bonds. The average molecular weight is 284 g/mol. The number of hydrogen-bond donors (Lipinski definition) is 2. The van der Waals surface area contributed by atoms with E-state index in [-0.39, 0.29) is 6.03 Å². The van der Waals surface area contributed by atoms with Crippen molar-refractivity contribution >= 4 is 17.7 Å². The van der Waals surface area contributed by atoms with Crippen LogP contribution in [-0.2, 0) is 0 Å². The molecule has 0 saturated heterocycles. The van der Waals surface area contributed by atoms with Crippen LogP contribution in [0.2, 0.25) is 0 Å².